The van der Waals surface area contributed by atoms with Gasteiger partial charge in [0.1, 0.15) is 5.75 Å². The van der Waals surface area contributed by atoms with E-state index in [0.717, 1.165) is 11.4 Å². The summed E-state index contributed by atoms with van der Waals surface area (Å²) < 4.78 is 5.58. The SMILES string of the molecule is Cc1ccc(OCCCC(=O)Nc2ccc(Cl)cc2)cc1. The summed E-state index contributed by atoms with van der Waals surface area (Å²) in [6.45, 7) is 2.56. The van der Waals surface area contributed by atoms with E-state index in [-0.39, 0.29) is 5.91 Å². The number of hydrogen-bond acceptors (Lipinski definition) is 2. The van der Waals surface area contributed by atoms with Crippen molar-refractivity contribution in [1.82, 2.24) is 0 Å². The maximum atomic E-state index is 11.8. The van der Waals surface area contributed by atoms with Crippen LogP contribution in [0.4, 0.5) is 5.69 Å². The molecule has 0 bridgehead atoms. The first-order chi connectivity index (χ1) is 10.1. The molecule has 2 aromatic carbocycles. The Morgan fingerprint density at radius 1 is 1.10 bits per heavy atom. The molecule has 0 atom stereocenters. The van der Waals surface area contributed by atoms with Crippen LogP contribution < -0.4 is 10.1 Å². The highest BCUT2D eigenvalue weighted by molar-refractivity contribution is 6.30. The molecule has 0 aliphatic rings. The molecule has 0 unspecified atom stereocenters. The Balaban J connectivity index is 1.67. The van der Waals surface area contributed by atoms with Gasteiger partial charge in [0.2, 0.25) is 5.91 Å². The Morgan fingerprint density at radius 2 is 1.76 bits per heavy atom. The fourth-order valence-corrected chi connectivity index (χ4v) is 1.94. The van der Waals surface area contributed by atoms with E-state index in [4.69, 9.17) is 16.3 Å². The third kappa shape index (κ3) is 5.48. The predicted molar refractivity (Wildman–Crippen MR) is 86.0 cm³/mol. The number of aryl methyl sites for hydroxylation is 1. The van der Waals surface area contributed by atoms with Crippen LogP contribution in [0.2, 0.25) is 5.02 Å². The first-order valence-corrected chi connectivity index (χ1v) is 7.26. The van der Waals surface area contributed by atoms with Crippen LogP contribution in [0.1, 0.15) is 18.4 Å². The van der Waals surface area contributed by atoms with Crippen molar-refractivity contribution in [3.63, 3.8) is 0 Å². The molecule has 3 nitrogen and oxygen atoms in total. The van der Waals surface area contributed by atoms with Crippen LogP contribution in [-0.4, -0.2) is 12.5 Å². The standard InChI is InChI=1S/C17H18ClNO2/c1-13-4-10-16(11-5-13)21-12-2-3-17(20)19-15-8-6-14(18)7-9-15/h4-11H,2-3,12H2,1H3,(H,19,20). The lowest BCUT2D eigenvalue weighted by Crippen LogP contribution is -2.12. The lowest BCUT2D eigenvalue weighted by Gasteiger charge is -2.07. The quantitative estimate of drug-likeness (QED) is 0.801. The van der Waals surface area contributed by atoms with E-state index < -0.39 is 0 Å². The molecule has 0 spiro atoms. The van der Waals surface area contributed by atoms with Gasteiger partial charge in [-0.1, -0.05) is 29.3 Å². The van der Waals surface area contributed by atoms with E-state index >= 15 is 0 Å². The van der Waals surface area contributed by atoms with Crippen molar-refractivity contribution in [3.8, 4) is 5.75 Å². The second-order valence-electron chi connectivity index (χ2n) is 4.82. The lowest BCUT2D eigenvalue weighted by atomic mass is 10.2. The van der Waals surface area contributed by atoms with Crippen LogP contribution >= 0.6 is 11.6 Å². The molecule has 4 heteroatoms. The average molecular weight is 304 g/mol. The maximum absolute atomic E-state index is 11.8. The largest absolute Gasteiger partial charge is 0.494 e. The van der Waals surface area contributed by atoms with Crippen molar-refractivity contribution >= 4 is 23.2 Å². The molecule has 0 fully saturated rings. The zero-order valence-electron chi connectivity index (χ0n) is 11.9. The highest BCUT2D eigenvalue weighted by Crippen LogP contribution is 2.14. The number of anilines is 1. The molecule has 2 aromatic rings. The smallest absolute Gasteiger partial charge is 0.224 e. The highest BCUT2D eigenvalue weighted by atomic mass is 35.5. The Morgan fingerprint density at radius 3 is 2.43 bits per heavy atom. The summed E-state index contributed by atoms with van der Waals surface area (Å²) in [7, 11) is 0. The zero-order valence-corrected chi connectivity index (χ0v) is 12.7. The summed E-state index contributed by atoms with van der Waals surface area (Å²) in [5, 5.41) is 3.47. The summed E-state index contributed by atoms with van der Waals surface area (Å²) in [5.41, 5.74) is 1.95. The topological polar surface area (TPSA) is 38.3 Å². The van der Waals surface area contributed by atoms with E-state index in [1.165, 1.54) is 5.56 Å². The summed E-state index contributed by atoms with van der Waals surface area (Å²) in [6, 6.07) is 14.9. The van der Waals surface area contributed by atoms with E-state index in [1.807, 2.05) is 31.2 Å². The maximum Gasteiger partial charge on any atom is 0.224 e. The molecule has 1 amide bonds. The van der Waals surface area contributed by atoms with Gasteiger partial charge in [0.05, 0.1) is 6.61 Å². The molecule has 0 aliphatic heterocycles. The first-order valence-electron chi connectivity index (χ1n) is 6.88. The molecule has 0 heterocycles. The fraction of sp³-hybridized carbons (Fsp3) is 0.235. The predicted octanol–water partition coefficient (Wildman–Crippen LogP) is 4.45. The van der Waals surface area contributed by atoms with Gasteiger partial charge in [-0.3, -0.25) is 4.79 Å². The van der Waals surface area contributed by atoms with E-state index in [0.29, 0.717) is 24.5 Å². The number of hydrogen-bond donors (Lipinski definition) is 1. The van der Waals surface area contributed by atoms with Crippen LogP contribution in [-0.2, 0) is 4.79 Å². The lowest BCUT2D eigenvalue weighted by molar-refractivity contribution is -0.116. The third-order valence-corrected chi connectivity index (χ3v) is 3.22. The minimum absolute atomic E-state index is 0.0233. The summed E-state index contributed by atoms with van der Waals surface area (Å²) >= 11 is 5.79. The summed E-state index contributed by atoms with van der Waals surface area (Å²) in [6.07, 6.45) is 1.10. The van der Waals surface area contributed by atoms with Gasteiger partial charge in [-0.2, -0.15) is 0 Å². The van der Waals surface area contributed by atoms with E-state index in [2.05, 4.69) is 5.32 Å². The van der Waals surface area contributed by atoms with Crippen LogP contribution in [0.5, 0.6) is 5.75 Å². The van der Waals surface area contributed by atoms with Gasteiger partial charge in [-0.25, -0.2) is 0 Å². The summed E-state index contributed by atoms with van der Waals surface area (Å²) in [4.78, 5) is 11.8. The van der Waals surface area contributed by atoms with E-state index in [9.17, 15) is 4.79 Å². The van der Waals surface area contributed by atoms with Crippen LogP contribution in [0, 0.1) is 6.92 Å². The second kappa shape index (κ2) is 7.70. The molecule has 110 valence electrons. The minimum Gasteiger partial charge on any atom is -0.494 e. The van der Waals surface area contributed by atoms with Gasteiger partial charge in [0.25, 0.3) is 0 Å². The normalized spacial score (nSPS) is 10.2. The molecule has 21 heavy (non-hydrogen) atoms. The Kier molecular flexibility index (Phi) is 5.64. The van der Waals surface area contributed by atoms with Crippen molar-refractivity contribution < 1.29 is 9.53 Å². The molecular formula is C17H18ClNO2. The fourth-order valence-electron chi connectivity index (χ4n) is 1.81. The van der Waals surface area contributed by atoms with Crippen molar-refractivity contribution in [2.45, 2.75) is 19.8 Å². The van der Waals surface area contributed by atoms with Crippen molar-refractivity contribution in [3.05, 3.63) is 59.1 Å². The Hall–Kier alpha value is -2.00. The van der Waals surface area contributed by atoms with Gasteiger partial charge in [-0.05, 0) is 49.7 Å². The third-order valence-electron chi connectivity index (χ3n) is 2.97. The summed E-state index contributed by atoms with van der Waals surface area (Å²) in [5.74, 6) is 0.809. The van der Waals surface area contributed by atoms with Crippen molar-refractivity contribution in [2.24, 2.45) is 0 Å². The number of rotatable bonds is 6. The number of nitrogens with one attached hydrogen (secondary N) is 1. The number of halogens is 1. The van der Waals surface area contributed by atoms with Crippen molar-refractivity contribution in [2.75, 3.05) is 11.9 Å². The molecule has 2 rings (SSSR count). The van der Waals surface area contributed by atoms with Gasteiger partial charge < -0.3 is 10.1 Å². The molecule has 1 N–H and O–H groups in total. The van der Waals surface area contributed by atoms with Gasteiger partial charge in [0, 0.05) is 17.1 Å². The van der Waals surface area contributed by atoms with E-state index in [1.54, 1.807) is 24.3 Å². The second-order valence-corrected chi connectivity index (χ2v) is 5.26. The molecular weight excluding hydrogens is 286 g/mol. The van der Waals surface area contributed by atoms with Gasteiger partial charge in [-0.15, -0.1) is 0 Å². The number of ether oxygens (including phenoxy) is 1. The average Bonchev–Trinajstić information content (AvgIpc) is 2.48. The monoisotopic (exact) mass is 303 g/mol. The number of carbonyl (C=O) groups excluding carboxylic acids is 1. The van der Waals surface area contributed by atoms with Crippen LogP contribution in [0.3, 0.4) is 0 Å². The first kappa shape index (κ1) is 15.4. The Bertz CT molecular complexity index is 579. The molecule has 0 aromatic heterocycles. The molecule has 0 radical (unpaired) electrons. The highest BCUT2D eigenvalue weighted by Gasteiger charge is 2.02. The van der Waals surface area contributed by atoms with Gasteiger partial charge in [0.15, 0.2) is 0 Å². The van der Waals surface area contributed by atoms with Crippen LogP contribution in [0.15, 0.2) is 48.5 Å². The van der Waals surface area contributed by atoms with Gasteiger partial charge >= 0.3 is 0 Å². The van der Waals surface area contributed by atoms with Crippen LogP contribution in [0.25, 0.3) is 0 Å². The Labute approximate surface area is 129 Å². The minimum atomic E-state index is -0.0233. The number of carbonyl (C=O) groups is 1. The number of amides is 1. The molecule has 0 saturated heterocycles. The zero-order chi connectivity index (χ0) is 15.1. The molecule has 0 saturated carbocycles. The van der Waals surface area contributed by atoms with Crippen molar-refractivity contribution in [1.29, 1.82) is 0 Å². The molecule has 0 aliphatic carbocycles. The number of benzene rings is 2.